The van der Waals surface area contributed by atoms with Gasteiger partial charge in [-0.2, -0.15) is 0 Å². The van der Waals surface area contributed by atoms with E-state index in [0.29, 0.717) is 5.70 Å². The van der Waals surface area contributed by atoms with Crippen molar-refractivity contribution in [2.45, 2.75) is 34.2 Å². The Morgan fingerprint density at radius 1 is 0.933 bits per heavy atom. The number of aromatic nitrogens is 1. The molecule has 152 valence electrons. The molecule has 1 aliphatic heterocycles. The minimum Gasteiger partial charge on any atom is -0.318 e. The van der Waals surface area contributed by atoms with Gasteiger partial charge in [0.15, 0.2) is 0 Å². The zero-order valence-electron chi connectivity index (χ0n) is 17.7. The molecule has 1 aliphatic rings. The fourth-order valence-corrected chi connectivity index (χ4v) is 3.92. The Labute approximate surface area is 176 Å². The van der Waals surface area contributed by atoms with Crippen LogP contribution in [0, 0.1) is 27.7 Å². The van der Waals surface area contributed by atoms with E-state index in [1.165, 1.54) is 16.0 Å². The van der Waals surface area contributed by atoms with Gasteiger partial charge in [0.05, 0.1) is 6.54 Å². The second kappa shape index (κ2) is 7.67. The number of imide groups is 1. The number of benzene rings is 2. The Balaban J connectivity index is 1.67. The molecule has 0 radical (unpaired) electrons. The molecule has 0 atom stereocenters. The number of hydrogen-bond acceptors (Lipinski definition) is 2. The predicted octanol–water partition coefficient (Wildman–Crippen LogP) is 4.80. The van der Waals surface area contributed by atoms with Gasteiger partial charge in [-0.05, 0) is 68.2 Å². The highest BCUT2D eigenvalue weighted by Gasteiger charge is 2.33. The van der Waals surface area contributed by atoms with E-state index >= 15 is 0 Å². The second-order valence-electron chi connectivity index (χ2n) is 7.75. The van der Waals surface area contributed by atoms with E-state index in [0.717, 1.165) is 28.2 Å². The van der Waals surface area contributed by atoms with E-state index < -0.39 is 6.03 Å². The summed E-state index contributed by atoms with van der Waals surface area (Å²) >= 11 is 0. The Bertz CT molecular complexity index is 1170. The van der Waals surface area contributed by atoms with E-state index in [-0.39, 0.29) is 12.5 Å². The van der Waals surface area contributed by atoms with Gasteiger partial charge in [0.1, 0.15) is 5.70 Å². The topological polar surface area (TPSA) is 54.3 Å². The quantitative estimate of drug-likeness (QED) is 0.506. The fourth-order valence-electron chi connectivity index (χ4n) is 3.92. The monoisotopic (exact) mass is 399 g/mol. The van der Waals surface area contributed by atoms with Gasteiger partial charge >= 0.3 is 6.03 Å². The molecule has 0 bridgehead atoms. The number of carbonyl (C=O) groups is 2. The zero-order chi connectivity index (χ0) is 21.4. The van der Waals surface area contributed by atoms with E-state index in [4.69, 9.17) is 0 Å². The number of rotatable bonds is 4. The minimum atomic E-state index is -0.390. The van der Waals surface area contributed by atoms with Gasteiger partial charge < -0.3 is 9.88 Å². The standard InChI is InChI=1S/C25H25N3O2/c1-16-9-8-12-23(18(16)3)28-17(2)13-21(19(28)4)14-22-24(29)27(25(30)26-22)15-20-10-6-5-7-11-20/h5-14H,15H2,1-4H3,(H,26,30)/b22-14+. The maximum Gasteiger partial charge on any atom is 0.329 e. The van der Waals surface area contributed by atoms with Crippen molar-refractivity contribution < 1.29 is 9.59 Å². The van der Waals surface area contributed by atoms with Gasteiger partial charge in [-0.25, -0.2) is 4.79 Å². The van der Waals surface area contributed by atoms with Crippen LogP contribution in [0.3, 0.4) is 0 Å². The lowest BCUT2D eigenvalue weighted by Gasteiger charge is -2.14. The van der Waals surface area contributed by atoms with Crippen LogP contribution in [0.5, 0.6) is 0 Å². The van der Waals surface area contributed by atoms with Crippen LogP contribution in [0.15, 0.2) is 60.3 Å². The average molecular weight is 399 g/mol. The van der Waals surface area contributed by atoms with Crippen LogP contribution in [0.2, 0.25) is 0 Å². The summed E-state index contributed by atoms with van der Waals surface area (Å²) in [5, 5.41) is 2.73. The summed E-state index contributed by atoms with van der Waals surface area (Å²) in [6, 6.07) is 17.4. The van der Waals surface area contributed by atoms with Crippen molar-refractivity contribution >= 4 is 18.0 Å². The minimum absolute atomic E-state index is 0.254. The van der Waals surface area contributed by atoms with Crippen molar-refractivity contribution in [3.05, 3.63) is 93.9 Å². The molecule has 5 nitrogen and oxygen atoms in total. The highest BCUT2D eigenvalue weighted by atomic mass is 16.2. The van der Waals surface area contributed by atoms with Crippen molar-refractivity contribution in [1.29, 1.82) is 0 Å². The molecule has 1 aromatic heterocycles. The first-order chi connectivity index (χ1) is 14.4. The van der Waals surface area contributed by atoms with Crippen molar-refractivity contribution in [3.63, 3.8) is 0 Å². The molecule has 3 amide bonds. The molecule has 0 unspecified atom stereocenters. The summed E-state index contributed by atoms with van der Waals surface area (Å²) in [5.41, 5.74) is 7.81. The molecular weight excluding hydrogens is 374 g/mol. The van der Waals surface area contributed by atoms with Crippen molar-refractivity contribution in [2.24, 2.45) is 0 Å². The van der Waals surface area contributed by atoms with Crippen LogP contribution in [-0.2, 0) is 11.3 Å². The molecule has 1 N–H and O–H groups in total. The molecule has 2 aromatic carbocycles. The SMILES string of the molecule is Cc1cccc(-n2c(C)cc(/C=C3/NC(=O)N(Cc4ccccc4)C3=O)c2C)c1C. The van der Waals surface area contributed by atoms with E-state index in [1.54, 1.807) is 6.08 Å². The van der Waals surface area contributed by atoms with E-state index in [1.807, 2.05) is 50.2 Å². The molecule has 0 aliphatic carbocycles. The molecule has 0 spiro atoms. The molecule has 5 heteroatoms. The number of amides is 3. The van der Waals surface area contributed by atoms with Crippen LogP contribution in [0.4, 0.5) is 4.79 Å². The van der Waals surface area contributed by atoms with Crippen molar-refractivity contribution in [2.75, 3.05) is 0 Å². The third-order valence-electron chi connectivity index (χ3n) is 5.73. The number of nitrogens with zero attached hydrogens (tertiary/aromatic N) is 2. The third-order valence-corrected chi connectivity index (χ3v) is 5.73. The molecule has 2 heterocycles. The van der Waals surface area contributed by atoms with Crippen LogP contribution in [0.1, 0.15) is 33.6 Å². The summed E-state index contributed by atoms with van der Waals surface area (Å²) in [4.78, 5) is 26.5. The number of hydrogen-bond donors (Lipinski definition) is 1. The molecule has 30 heavy (non-hydrogen) atoms. The van der Waals surface area contributed by atoms with Gasteiger partial charge in [-0.15, -0.1) is 0 Å². The first-order valence-corrected chi connectivity index (χ1v) is 10.0. The highest BCUT2D eigenvalue weighted by Crippen LogP contribution is 2.27. The second-order valence-corrected chi connectivity index (χ2v) is 7.75. The number of urea groups is 1. The van der Waals surface area contributed by atoms with Crippen LogP contribution < -0.4 is 5.32 Å². The molecule has 0 saturated carbocycles. The average Bonchev–Trinajstić information content (AvgIpc) is 3.15. The largest absolute Gasteiger partial charge is 0.329 e. The van der Waals surface area contributed by atoms with Gasteiger partial charge in [0.25, 0.3) is 5.91 Å². The maximum absolute atomic E-state index is 12.9. The van der Waals surface area contributed by atoms with Gasteiger partial charge in [-0.3, -0.25) is 9.69 Å². The van der Waals surface area contributed by atoms with Gasteiger partial charge in [0.2, 0.25) is 0 Å². The molecule has 4 rings (SSSR count). The first-order valence-electron chi connectivity index (χ1n) is 10.0. The highest BCUT2D eigenvalue weighted by molar-refractivity contribution is 6.14. The zero-order valence-corrected chi connectivity index (χ0v) is 17.7. The summed E-state index contributed by atoms with van der Waals surface area (Å²) in [5.74, 6) is -0.305. The van der Waals surface area contributed by atoms with Gasteiger partial charge in [-0.1, -0.05) is 42.5 Å². The van der Waals surface area contributed by atoms with Crippen LogP contribution in [0.25, 0.3) is 11.8 Å². The van der Waals surface area contributed by atoms with E-state index in [9.17, 15) is 9.59 Å². The summed E-state index contributed by atoms with van der Waals surface area (Å²) in [6.07, 6.45) is 1.77. The Hall–Kier alpha value is -3.60. The van der Waals surface area contributed by atoms with Crippen LogP contribution >= 0.6 is 0 Å². The number of carbonyl (C=O) groups excluding carboxylic acids is 2. The Kier molecular flexibility index (Phi) is 5.04. The first kappa shape index (κ1) is 19.7. The number of aryl methyl sites for hydroxylation is 2. The molecule has 1 fully saturated rings. The van der Waals surface area contributed by atoms with Gasteiger partial charge in [0, 0.05) is 17.1 Å². The molecular formula is C25H25N3O2. The lowest BCUT2D eigenvalue weighted by atomic mass is 10.1. The predicted molar refractivity (Wildman–Crippen MR) is 118 cm³/mol. The summed E-state index contributed by atoms with van der Waals surface area (Å²) in [7, 11) is 0. The maximum atomic E-state index is 12.9. The fraction of sp³-hybridized carbons (Fsp3) is 0.200. The summed E-state index contributed by atoms with van der Waals surface area (Å²) in [6.45, 7) is 8.55. The smallest absolute Gasteiger partial charge is 0.318 e. The lowest BCUT2D eigenvalue weighted by molar-refractivity contribution is -0.123. The van der Waals surface area contributed by atoms with E-state index in [2.05, 4.69) is 41.9 Å². The van der Waals surface area contributed by atoms with Crippen LogP contribution in [-0.4, -0.2) is 21.4 Å². The molecule has 1 saturated heterocycles. The molecule has 3 aromatic rings. The Morgan fingerprint density at radius 2 is 1.67 bits per heavy atom. The van der Waals surface area contributed by atoms with Crippen molar-refractivity contribution in [3.8, 4) is 5.69 Å². The van der Waals surface area contributed by atoms with Crippen molar-refractivity contribution in [1.82, 2.24) is 14.8 Å². The lowest BCUT2D eigenvalue weighted by Crippen LogP contribution is -2.30. The number of nitrogens with one attached hydrogen (secondary N) is 1. The summed E-state index contributed by atoms with van der Waals surface area (Å²) < 4.78 is 2.19. The Morgan fingerprint density at radius 3 is 2.40 bits per heavy atom. The third kappa shape index (κ3) is 3.43. The normalized spacial score (nSPS) is 15.2.